The molecule has 0 aliphatic carbocycles. The van der Waals surface area contributed by atoms with Crippen LogP contribution in [0.3, 0.4) is 0 Å². The van der Waals surface area contributed by atoms with E-state index in [1.54, 1.807) is 19.1 Å². The van der Waals surface area contributed by atoms with E-state index in [9.17, 15) is 13.6 Å². The maximum atomic E-state index is 13.8. The lowest BCUT2D eigenvalue weighted by molar-refractivity contribution is 0.0692. The molecular formula is C15H12BrF2NO2. The minimum absolute atomic E-state index is 0.376. The monoisotopic (exact) mass is 355 g/mol. The van der Waals surface area contributed by atoms with Crippen LogP contribution in [0.25, 0.3) is 0 Å². The first-order valence-electron chi connectivity index (χ1n) is 6.13. The third-order valence-electron chi connectivity index (χ3n) is 3.00. The van der Waals surface area contributed by atoms with E-state index in [1.807, 2.05) is 0 Å². The van der Waals surface area contributed by atoms with Gasteiger partial charge in [-0.1, -0.05) is 15.9 Å². The second kappa shape index (κ2) is 6.22. The number of carboxylic acid groups (broad SMARTS) is 1. The van der Waals surface area contributed by atoms with Gasteiger partial charge < -0.3 is 10.4 Å². The van der Waals surface area contributed by atoms with Crippen LogP contribution in [0.15, 0.2) is 40.9 Å². The molecule has 3 nitrogen and oxygen atoms in total. The van der Waals surface area contributed by atoms with Crippen molar-refractivity contribution in [2.75, 3.05) is 5.32 Å². The second-order valence-electron chi connectivity index (χ2n) is 4.53. The van der Waals surface area contributed by atoms with Gasteiger partial charge in [0.1, 0.15) is 11.6 Å². The highest BCUT2D eigenvalue weighted by Gasteiger charge is 2.14. The summed E-state index contributed by atoms with van der Waals surface area (Å²) in [6.45, 7) is 1.73. The van der Waals surface area contributed by atoms with Gasteiger partial charge in [-0.2, -0.15) is 0 Å². The van der Waals surface area contributed by atoms with Gasteiger partial charge in [-0.3, -0.25) is 0 Å². The first-order chi connectivity index (χ1) is 9.88. The van der Waals surface area contributed by atoms with Crippen LogP contribution in [-0.4, -0.2) is 11.1 Å². The molecular weight excluding hydrogens is 344 g/mol. The quantitative estimate of drug-likeness (QED) is 0.842. The molecule has 2 aromatic carbocycles. The summed E-state index contributed by atoms with van der Waals surface area (Å²) in [5.74, 6) is -2.54. The van der Waals surface area contributed by atoms with Crippen LogP contribution in [0.4, 0.5) is 14.5 Å². The molecule has 0 saturated carbocycles. The fraction of sp³-hybridized carbons (Fsp3) is 0.133. The molecule has 0 saturated heterocycles. The number of nitrogens with one attached hydrogen (secondary N) is 1. The third-order valence-corrected chi connectivity index (χ3v) is 3.50. The molecule has 21 heavy (non-hydrogen) atoms. The second-order valence-corrected chi connectivity index (χ2v) is 5.45. The van der Waals surface area contributed by atoms with E-state index in [2.05, 4.69) is 21.2 Å². The summed E-state index contributed by atoms with van der Waals surface area (Å²) in [6, 6.07) is 7.81. The van der Waals surface area contributed by atoms with Gasteiger partial charge in [-0.15, -0.1) is 0 Å². The molecule has 0 spiro atoms. The number of hydrogen-bond donors (Lipinski definition) is 2. The van der Waals surface area contributed by atoms with Crippen molar-refractivity contribution in [3.8, 4) is 0 Å². The number of carbonyl (C=O) groups is 1. The normalized spacial score (nSPS) is 12.0. The average Bonchev–Trinajstić information content (AvgIpc) is 2.43. The van der Waals surface area contributed by atoms with Gasteiger partial charge in [0.25, 0.3) is 0 Å². The largest absolute Gasteiger partial charge is 0.478 e. The van der Waals surface area contributed by atoms with Crippen molar-refractivity contribution in [2.45, 2.75) is 13.0 Å². The predicted octanol–water partition coefficient (Wildman–Crippen LogP) is 4.60. The first-order valence-corrected chi connectivity index (χ1v) is 6.92. The summed E-state index contributed by atoms with van der Waals surface area (Å²) < 4.78 is 27.8. The molecule has 0 aliphatic rings. The van der Waals surface area contributed by atoms with Crippen LogP contribution in [0.2, 0.25) is 0 Å². The molecule has 6 heteroatoms. The zero-order valence-electron chi connectivity index (χ0n) is 11.0. The number of carboxylic acids is 1. The summed E-state index contributed by atoms with van der Waals surface area (Å²) in [5.41, 5.74) is 0.396. The Morgan fingerprint density at radius 3 is 2.52 bits per heavy atom. The Balaban J connectivity index is 2.27. The smallest absolute Gasteiger partial charge is 0.338 e. The molecule has 2 N–H and O–H groups in total. The third kappa shape index (κ3) is 3.58. The van der Waals surface area contributed by atoms with E-state index in [1.165, 1.54) is 18.2 Å². The van der Waals surface area contributed by atoms with E-state index in [4.69, 9.17) is 5.11 Å². The Morgan fingerprint density at radius 1 is 1.19 bits per heavy atom. The van der Waals surface area contributed by atoms with Crippen molar-refractivity contribution in [1.29, 1.82) is 0 Å². The standard InChI is InChI=1S/C15H12BrF2NO2/c1-8(11-6-9(16)2-4-13(11)17)19-10-3-5-14(18)12(7-10)15(20)21/h2-8,19H,1H3,(H,20,21). The molecule has 1 atom stereocenters. The molecule has 2 aromatic rings. The Labute approximate surface area is 128 Å². The Kier molecular flexibility index (Phi) is 4.57. The van der Waals surface area contributed by atoms with Crippen molar-refractivity contribution < 1.29 is 18.7 Å². The molecule has 2 rings (SSSR count). The van der Waals surface area contributed by atoms with E-state index in [-0.39, 0.29) is 5.82 Å². The maximum Gasteiger partial charge on any atom is 0.338 e. The lowest BCUT2D eigenvalue weighted by Crippen LogP contribution is -2.10. The highest BCUT2D eigenvalue weighted by Crippen LogP contribution is 2.25. The molecule has 1 unspecified atom stereocenters. The van der Waals surface area contributed by atoms with Gasteiger partial charge in [-0.05, 0) is 43.3 Å². The Bertz CT molecular complexity index is 691. The van der Waals surface area contributed by atoms with E-state index < -0.39 is 23.4 Å². The van der Waals surface area contributed by atoms with Crippen molar-refractivity contribution >= 4 is 27.6 Å². The minimum atomic E-state index is -1.35. The van der Waals surface area contributed by atoms with Crippen LogP contribution >= 0.6 is 15.9 Å². The van der Waals surface area contributed by atoms with E-state index >= 15 is 0 Å². The number of hydrogen-bond acceptors (Lipinski definition) is 2. The van der Waals surface area contributed by atoms with Crippen LogP contribution < -0.4 is 5.32 Å². The minimum Gasteiger partial charge on any atom is -0.478 e. The molecule has 0 aromatic heterocycles. The highest BCUT2D eigenvalue weighted by atomic mass is 79.9. The van der Waals surface area contributed by atoms with Crippen LogP contribution in [-0.2, 0) is 0 Å². The van der Waals surface area contributed by atoms with Gasteiger partial charge in [-0.25, -0.2) is 13.6 Å². The van der Waals surface area contributed by atoms with Gasteiger partial charge in [0.15, 0.2) is 0 Å². The highest BCUT2D eigenvalue weighted by molar-refractivity contribution is 9.10. The Morgan fingerprint density at radius 2 is 1.86 bits per heavy atom. The van der Waals surface area contributed by atoms with Gasteiger partial charge in [0.05, 0.1) is 11.6 Å². The first kappa shape index (κ1) is 15.4. The molecule has 0 amide bonds. The number of rotatable bonds is 4. The van der Waals surface area contributed by atoms with Crippen molar-refractivity contribution in [2.24, 2.45) is 0 Å². The van der Waals surface area contributed by atoms with Crippen LogP contribution in [0.5, 0.6) is 0 Å². The van der Waals surface area contributed by atoms with Crippen molar-refractivity contribution in [1.82, 2.24) is 0 Å². The summed E-state index contributed by atoms with van der Waals surface area (Å²) in [5, 5.41) is 11.8. The SMILES string of the molecule is CC(Nc1ccc(F)c(C(=O)O)c1)c1cc(Br)ccc1F. The Hall–Kier alpha value is -1.95. The molecule has 0 radical (unpaired) electrons. The van der Waals surface area contributed by atoms with Crippen molar-refractivity contribution in [3.63, 3.8) is 0 Å². The topological polar surface area (TPSA) is 49.3 Å². The molecule has 0 aliphatic heterocycles. The fourth-order valence-electron chi connectivity index (χ4n) is 1.95. The fourth-order valence-corrected chi connectivity index (χ4v) is 2.33. The molecule has 0 bridgehead atoms. The maximum absolute atomic E-state index is 13.8. The number of benzene rings is 2. The summed E-state index contributed by atoms with van der Waals surface area (Å²) >= 11 is 3.27. The van der Waals surface area contributed by atoms with Crippen molar-refractivity contribution in [3.05, 3.63) is 63.6 Å². The molecule has 110 valence electrons. The zero-order chi connectivity index (χ0) is 15.6. The average molecular weight is 356 g/mol. The lowest BCUT2D eigenvalue weighted by atomic mass is 10.1. The van der Waals surface area contributed by atoms with Crippen LogP contribution in [0, 0.1) is 11.6 Å². The van der Waals surface area contributed by atoms with E-state index in [0.717, 1.165) is 10.5 Å². The summed E-state index contributed by atoms with van der Waals surface area (Å²) in [4.78, 5) is 10.9. The van der Waals surface area contributed by atoms with E-state index in [0.29, 0.717) is 11.3 Å². The molecule has 0 fully saturated rings. The molecule has 0 heterocycles. The lowest BCUT2D eigenvalue weighted by Gasteiger charge is -2.17. The zero-order valence-corrected chi connectivity index (χ0v) is 12.6. The van der Waals surface area contributed by atoms with Gasteiger partial charge in [0.2, 0.25) is 0 Å². The van der Waals surface area contributed by atoms with Gasteiger partial charge in [0, 0.05) is 15.7 Å². The predicted molar refractivity (Wildman–Crippen MR) is 79.5 cm³/mol. The van der Waals surface area contributed by atoms with Crippen LogP contribution in [0.1, 0.15) is 28.9 Å². The number of aromatic carboxylic acids is 1. The summed E-state index contributed by atoms with van der Waals surface area (Å²) in [7, 11) is 0. The number of halogens is 3. The van der Waals surface area contributed by atoms with Gasteiger partial charge >= 0.3 is 5.97 Å². The number of anilines is 1. The summed E-state index contributed by atoms with van der Waals surface area (Å²) in [6.07, 6.45) is 0.